The van der Waals surface area contributed by atoms with Crippen LogP contribution in [0.25, 0.3) is 0 Å². The van der Waals surface area contributed by atoms with E-state index in [4.69, 9.17) is 9.47 Å². The third-order valence-electron chi connectivity index (χ3n) is 9.08. The standard InChI is InChI=1S/C25H32O5/c1-14-11-20-18-6-5-16-12-17(27)7-9-23(16,3)19(18)8-10-24(20,4)25(14,28)22-21(30-22)13-29-15(2)26/h7-9,12,14,18,20-22,28H,5-6,10-11,13H2,1-4H3/t14-,18?,20?,21?,22?,23+,24+,25+/m1/s1. The molecule has 1 aliphatic heterocycles. The van der Waals surface area contributed by atoms with Crippen molar-refractivity contribution in [2.45, 2.75) is 71.2 Å². The summed E-state index contributed by atoms with van der Waals surface area (Å²) in [5.41, 5.74) is 1.28. The topological polar surface area (TPSA) is 76.1 Å². The molecule has 0 spiro atoms. The zero-order chi connectivity index (χ0) is 21.5. The quantitative estimate of drug-likeness (QED) is 0.436. The van der Waals surface area contributed by atoms with Crippen LogP contribution in [0.15, 0.2) is 35.5 Å². The number of allylic oxidation sites excluding steroid dienone is 6. The fourth-order valence-corrected chi connectivity index (χ4v) is 7.36. The Labute approximate surface area is 178 Å². The first kappa shape index (κ1) is 20.2. The largest absolute Gasteiger partial charge is 0.463 e. The van der Waals surface area contributed by atoms with Crippen LogP contribution in [-0.2, 0) is 19.1 Å². The number of epoxide rings is 1. The van der Waals surface area contributed by atoms with E-state index in [0.717, 1.165) is 25.7 Å². The molecule has 0 radical (unpaired) electrons. The molecular weight excluding hydrogens is 380 g/mol. The Morgan fingerprint density at radius 3 is 2.87 bits per heavy atom. The maximum atomic E-state index is 12.0. The number of aliphatic hydroxyl groups is 1. The molecule has 5 rings (SSSR count). The van der Waals surface area contributed by atoms with Gasteiger partial charge in [-0.05, 0) is 62.5 Å². The molecule has 0 aromatic heterocycles. The maximum absolute atomic E-state index is 12.0. The molecule has 0 amide bonds. The molecule has 0 aromatic carbocycles. The van der Waals surface area contributed by atoms with Gasteiger partial charge in [0.2, 0.25) is 0 Å². The number of ether oxygens (including phenoxy) is 2. The van der Waals surface area contributed by atoms with E-state index in [1.54, 1.807) is 6.08 Å². The van der Waals surface area contributed by atoms with Crippen molar-refractivity contribution in [1.29, 1.82) is 0 Å². The first-order valence-electron chi connectivity index (χ1n) is 11.3. The van der Waals surface area contributed by atoms with E-state index in [-0.39, 0.29) is 47.3 Å². The van der Waals surface area contributed by atoms with E-state index >= 15 is 0 Å². The highest BCUT2D eigenvalue weighted by molar-refractivity contribution is 6.01. The summed E-state index contributed by atoms with van der Waals surface area (Å²) in [6.45, 7) is 8.22. The molecule has 2 saturated carbocycles. The Balaban J connectivity index is 1.46. The molecular formula is C25H32O5. The molecule has 0 bridgehead atoms. The van der Waals surface area contributed by atoms with E-state index in [1.165, 1.54) is 18.1 Å². The summed E-state index contributed by atoms with van der Waals surface area (Å²) in [6.07, 6.45) is 11.2. The minimum atomic E-state index is -0.931. The van der Waals surface area contributed by atoms with Crippen LogP contribution < -0.4 is 0 Å². The van der Waals surface area contributed by atoms with Gasteiger partial charge in [-0.3, -0.25) is 9.59 Å². The van der Waals surface area contributed by atoms with Gasteiger partial charge in [0.15, 0.2) is 5.78 Å². The van der Waals surface area contributed by atoms with Crippen LogP contribution in [0.3, 0.4) is 0 Å². The second-order valence-corrected chi connectivity index (χ2v) is 10.5. The maximum Gasteiger partial charge on any atom is 0.302 e. The highest BCUT2D eigenvalue weighted by Gasteiger charge is 2.71. The number of hydrogen-bond acceptors (Lipinski definition) is 5. The number of hydrogen-bond donors (Lipinski definition) is 1. The highest BCUT2D eigenvalue weighted by Crippen LogP contribution is 2.68. The van der Waals surface area contributed by atoms with Gasteiger partial charge < -0.3 is 14.6 Å². The average Bonchev–Trinajstić information content (AvgIpc) is 3.44. The van der Waals surface area contributed by atoms with Gasteiger partial charge in [0.25, 0.3) is 0 Å². The van der Waals surface area contributed by atoms with Crippen molar-refractivity contribution in [3.8, 4) is 0 Å². The van der Waals surface area contributed by atoms with Gasteiger partial charge in [0, 0.05) is 17.8 Å². The number of rotatable bonds is 3. The number of fused-ring (bicyclic) bond motifs is 5. The summed E-state index contributed by atoms with van der Waals surface area (Å²) in [5.74, 6) is 0.672. The first-order chi connectivity index (χ1) is 14.1. The average molecular weight is 413 g/mol. The lowest BCUT2D eigenvalue weighted by Crippen LogP contribution is -2.56. The molecule has 3 fully saturated rings. The van der Waals surface area contributed by atoms with Crippen molar-refractivity contribution < 1.29 is 24.2 Å². The van der Waals surface area contributed by atoms with E-state index in [9.17, 15) is 14.7 Å². The van der Waals surface area contributed by atoms with Gasteiger partial charge in [-0.15, -0.1) is 0 Å². The van der Waals surface area contributed by atoms with E-state index in [0.29, 0.717) is 11.8 Å². The molecule has 8 atom stereocenters. The van der Waals surface area contributed by atoms with Gasteiger partial charge in [-0.25, -0.2) is 0 Å². The first-order valence-corrected chi connectivity index (χ1v) is 11.3. The highest BCUT2D eigenvalue weighted by atomic mass is 16.6. The molecule has 1 saturated heterocycles. The summed E-state index contributed by atoms with van der Waals surface area (Å²) in [4.78, 5) is 23.1. The fraction of sp³-hybridized carbons (Fsp3) is 0.680. The van der Waals surface area contributed by atoms with E-state index in [2.05, 4.69) is 32.9 Å². The van der Waals surface area contributed by atoms with Crippen LogP contribution in [0.5, 0.6) is 0 Å². The summed E-state index contributed by atoms with van der Waals surface area (Å²) < 4.78 is 11.0. The fourth-order valence-electron chi connectivity index (χ4n) is 7.36. The van der Waals surface area contributed by atoms with Crippen molar-refractivity contribution >= 4 is 11.8 Å². The zero-order valence-corrected chi connectivity index (χ0v) is 18.3. The summed E-state index contributed by atoms with van der Waals surface area (Å²) in [7, 11) is 0. The number of carbonyl (C=O) groups is 2. The lowest BCUT2D eigenvalue weighted by atomic mass is 9.51. The molecule has 162 valence electrons. The third-order valence-corrected chi connectivity index (χ3v) is 9.08. The summed E-state index contributed by atoms with van der Waals surface area (Å²) in [5, 5.41) is 12.0. The van der Waals surface area contributed by atoms with Crippen LogP contribution in [0.4, 0.5) is 0 Å². The molecule has 4 unspecified atom stereocenters. The lowest BCUT2D eigenvalue weighted by molar-refractivity contribution is -0.141. The van der Waals surface area contributed by atoms with Crippen LogP contribution in [0, 0.1) is 28.6 Å². The number of esters is 1. The Morgan fingerprint density at radius 1 is 1.37 bits per heavy atom. The number of ketones is 1. The monoisotopic (exact) mass is 412 g/mol. The summed E-state index contributed by atoms with van der Waals surface area (Å²) in [6, 6.07) is 0. The number of carbonyl (C=O) groups excluding carboxylic acids is 2. The molecule has 5 aliphatic rings. The third kappa shape index (κ3) is 2.54. The lowest BCUT2D eigenvalue weighted by Gasteiger charge is -2.54. The van der Waals surface area contributed by atoms with Gasteiger partial charge in [0.1, 0.15) is 24.4 Å². The van der Waals surface area contributed by atoms with Crippen LogP contribution in [-0.4, -0.2) is 41.3 Å². The SMILES string of the molecule is CC(=O)OCC1OC1[C@@]1(O)[C@H](C)CC2C3CCC4=CC(=O)C=C[C@]4(C)C3=CC[C@@]21C. The van der Waals surface area contributed by atoms with Crippen LogP contribution in [0.1, 0.15) is 53.4 Å². The molecule has 1 heterocycles. The van der Waals surface area contributed by atoms with Crippen molar-refractivity contribution in [2.75, 3.05) is 6.61 Å². The minimum Gasteiger partial charge on any atom is -0.463 e. The molecule has 0 aromatic rings. The second-order valence-electron chi connectivity index (χ2n) is 10.5. The molecule has 1 N–H and O–H groups in total. The van der Waals surface area contributed by atoms with Crippen molar-refractivity contribution in [3.05, 3.63) is 35.5 Å². The Morgan fingerprint density at radius 2 is 2.13 bits per heavy atom. The molecule has 5 nitrogen and oxygen atoms in total. The minimum absolute atomic E-state index is 0.0933. The van der Waals surface area contributed by atoms with E-state index < -0.39 is 5.60 Å². The predicted octanol–water partition coefficient (Wildman–Crippen LogP) is 3.52. The van der Waals surface area contributed by atoms with Crippen molar-refractivity contribution in [3.63, 3.8) is 0 Å². The second kappa shape index (κ2) is 6.39. The Hall–Kier alpha value is -1.72. The normalized spacial score (nSPS) is 48.8. The smallest absolute Gasteiger partial charge is 0.302 e. The van der Waals surface area contributed by atoms with Crippen LogP contribution >= 0.6 is 0 Å². The zero-order valence-electron chi connectivity index (χ0n) is 18.3. The molecule has 5 heteroatoms. The van der Waals surface area contributed by atoms with Gasteiger partial charge in [0.05, 0.1) is 0 Å². The Kier molecular flexibility index (Phi) is 4.31. The molecule has 30 heavy (non-hydrogen) atoms. The Bertz CT molecular complexity index is 899. The van der Waals surface area contributed by atoms with Gasteiger partial charge in [-0.2, -0.15) is 0 Å². The van der Waals surface area contributed by atoms with Crippen molar-refractivity contribution in [1.82, 2.24) is 0 Å². The molecule has 4 aliphatic carbocycles. The van der Waals surface area contributed by atoms with Crippen LogP contribution in [0.2, 0.25) is 0 Å². The van der Waals surface area contributed by atoms with Gasteiger partial charge >= 0.3 is 5.97 Å². The van der Waals surface area contributed by atoms with E-state index in [1.807, 2.05) is 6.08 Å². The summed E-state index contributed by atoms with van der Waals surface area (Å²) >= 11 is 0. The van der Waals surface area contributed by atoms with Crippen molar-refractivity contribution in [2.24, 2.45) is 28.6 Å². The van der Waals surface area contributed by atoms with Gasteiger partial charge in [-0.1, -0.05) is 37.1 Å². The predicted molar refractivity (Wildman–Crippen MR) is 111 cm³/mol.